The molecule has 1 heterocycles. The van der Waals surface area contributed by atoms with E-state index >= 15 is 0 Å². The topological polar surface area (TPSA) is 49.8 Å². The molecule has 0 aromatic carbocycles. The van der Waals surface area contributed by atoms with Gasteiger partial charge in [-0.05, 0) is 32.1 Å². The SMILES string of the molecule is CCCNc1nc(C)nc(NCCC(C)(C)C)c1C. The summed E-state index contributed by atoms with van der Waals surface area (Å²) < 4.78 is 0. The number of anilines is 2. The Kier molecular flexibility index (Phi) is 5.58. The van der Waals surface area contributed by atoms with E-state index < -0.39 is 0 Å². The smallest absolute Gasteiger partial charge is 0.134 e. The highest BCUT2D eigenvalue weighted by molar-refractivity contribution is 5.57. The lowest BCUT2D eigenvalue weighted by Crippen LogP contribution is -2.15. The van der Waals surface area contributed by atoms with Gasteiger partial charge < -0.3 is 10.6 Å². The molecule has 4 nitrogen and oxygen atoms in total. The maximum atomic E-state index is 4.50. The van der Waals surface area contributed by atoms with Crippen molar-refractivity contribution >= 4 is 11.6 Å². The van der Waals surface area contributed by atoms with Crippen LogP contribution >= 0.6 is 0 Å². The minimum absolute atomic E-state index is 0.340. The van der Waals surface area contributed by atoms with Crippen molar-refractivity contribution in [2.75, 3.05) is 23.7 Å². The van der Waals surface area contributed by atoms with E-state index in [-0.39, 0.29) is 0 Å². The molecule has 0 aliphatic carbocycles. The maximum Gasteiger partial charge on any atom is 0.134 e. The van der Waals surface area contributed by atoms with Crippen LogP contribution in [0.5, 0.6) is 0 Å². The van der Waals surface area contributed by atoms with Gasteiger partial charge in [0.05, 0.1) is 0 Å². The minimum Gasteiger partial charge on any atom is -0.370 e. The molecule has 0 unspecified atom stereocenters. The van der Waals surface area contributed by atoms with Gasteiger partial charge in [-0.3, -0.25) is 0 Å². The van der Waals surface area contributed by atoms with Gasteiger partial charge in [-0.2, -0.15) is 0 Å². The normalized spacial score (nSPS) is 11.5. The zero-order chi connectivity index (χ0) is 14.5. The largest absolute Gasteiger partial charge is 0.370 e. The first-order valence-electron chi connectivity index (χ1n) is 7.16. The van der Waals surface area contributed by atoms with Gasteiger partial charge in [0.1, 0.15) is 17.5 Å². The minimum atomic E-state index is 0.340. The molecule has 1 rings (SSSR count). The van der Waals surface area contributed by atoms with Crippen LogP contribution in [0, 0.1) is 19.3 Å². The van der Waals surface area contributed by atoms with Gasteiger partial charge in [-0.25, -0.2) is 9.97 Å². The molecule has 19 heavy (non-hydrogen) atoms. The van der Waals surface area contributed by atoms with E-state index in [0.717, 1.165) is 49.0 Å². The van der Waals surface area contributed by atoms with E-state index in [4.69, 9.17) is 0 Å². The molecule has 4 heteroatoms. The summed E-state index contributed by atoms with van der Waals surface area (Å²) in [5.41, 5.74) is 1.44. The Hall–Kier alpha value is -1.32. The van der Waals surface area contributed by atoms with Gasteiger partial charge >= 0.3 is 0 Å². The fraction of sp³-hybridized carbons (Fsp3) is 0.733. The van der Waals surface area contributed by atoms with Gasteiger partial charge in [0, 0.05) is 18.7 Å². The van der Waals surface area contributed by atoms with Crippen molar-refractivity contribution in [2.24, 2.45) is 5.41 Å². The van der Waals surface area contributed by atoms with Crippen LogP contribution < -0.4 is 10.6 Å². The number of aryl methyl sites for hydroxylation is 1. The number of aromatic nitrogens is 2. The molecule has 0 atom stereocenters. The number of nitrogens with one attached hydrogen (secondary N) is 2. The summed E-state index contributed by atoms with van der Waals surface area (Å²) in [7, 11) is 0. The fourth-order valence-corrected chi connectivity index (χ4v) is 1.77. The van der Waals surface area contributed by atoms with Gasteiger partial charge in [-0.1, -0.05) is 27.7 Å². The summed E-state index contributed by atoms with van der Waals surface area (Å²) in [6, 6.07) is 0. The molecule has 1 aromatic heterocycles. The molecule has 108 valence electrons. The van der Waals surface area contributed by atoms with Crippen LogP contribution in [0.3, 0.4) is 0 Å². The predicted molar refractivity (Wildman–Crippen MR) is 82.8 cm³/mol. The summed E-state index contributed by atoms with van der Waals surface area (Å²) in [5, 5.41) is 6.80. The van der Waals surface area contributed by atoms with E-state index in [1.165, 1.54) is 0 Å². The lowest BCUT2D eigenvalue weighted by atomic mass is 9.92. The van der Waals surface area contributed by atoms with Crippen molar-refractivity contribution in [3.05, 3.63) is 11.4 Å². The molecular weight excluding hydrogens is 236 g/mol. The summed E-state index contributed by atoms with van der Waals surface area (Å²) >= 11 is 0. The van der Waals surface area contributed by atoms with Gasteiger partial charge in [-0.15, -0.1) is 0 Å². The monoisotopic (exact) mass is 264 g/mol. The Morgan fingerprint density at radius 2 is 1.47 bits per heavy atom. The second kappa shape index (κ2) is 6.73. The predicted octanol–water partition coefficient (Wildman–Crippen LogP) is 3.76. The van der Waals surface area contributed by atoms with Gasteiger partial charge in [0.2, 0.25) is 0 Å². The summed E-state index contributed by atoms with van der Waals surface area (Å²) in [5.74, 6) is 2.71. The average Bonchev–Trinajstić information content (AvgIpc) is 2.29. The zero-order valence-corrected chi connectivity index (χ0v) is 13.2. The summed E-state index contributed by atoms with van der Waals surface area (Å²) in [4.78, 5) is 8.96. The third-order valence-corrected chi connectivity index (χ3v) is 2.97. The molecule has 0 saturated carbocycles. The molecule has 0 aliphatic rings. The van der Waals surface area contributed by atoms with Crippen LogP contribution in [0.25, 0.3) is 0 Å². The molecular formula is C15H28N4. The molecule has 0 saturated heterocycles. The maximum absolute atomic E-state index is 4.50. The molecule has 0 spiro atoms. The molecule has 2 N–H and O–H groups in total. The third-order valence-electron chi connectivity index (χ3n) is 2.97. The van der Waals surface area contributed by atoms with E-state index in [2.05, 4.69) is 55.2 Å². The highest BCUT2D eigenvalue weighted by Crippen LogP contribution is 2.22. The van der Waals surface area contributed by atoms with Crippen molar-refractivity contribution in [1.82, 2.24) is 9.97 Å². The van der Waals surface area contributed by atoms with Crippen molar-refractivity contribution in [2.45, 2.75) is 54.4 Å². The van der Waals surface area contributed by atoms with Crippen LogP contribution in [0.15, 0.2) is 0 Å². The quantitative estimate of drug-likeness (QED) is 0.821. The first-order valence-corrected chi connectivity index (χ1v) is 7.16. The number of rotatable bonds is 6. The molecule has 0 amide bonds. The number of nitrogens with zero attached hydrogens (tertiary/aromatic N) is 2. The number of hydrogen-bond acceptors (Lipinski definition) is 4. The Balaban J connectivity index is 2.74. The first-order chi connectivity index (χ1) is 8.83. The van der Waals surface area contributed by atoms with Gasteiger partial charge in [0.15, 0.2) is 0 Å². The van der Waals surface area contributed by atoms with Crippen LogP contribution in [-0.2, 0) is 0 Å². The second-order valence-electron chi connectivity index (χ2n) is 6.26. The van der Waals surface area contributed by atoms with Crippen molar-refractivity contribution < 1.29 is 0 Å². The van der Waals surface area contributed by atoms with E-state index in [1.54, 1.807) is 0 Å². The molecule has 1 aromatic rings. The lowest BCUT2D eigenvalue weighted by molar-refractivity contribution is 0.389. The second-order valence-corrected chi connectivity index (χ2v) is 6.26. The van der Waals surface area contributed by atoms with E-state index in [1.807, 2.05) is 6.92 Å². The van der Waals surface area contributed by atoms with Crippen molar-refractivity contribution in [3.63, 3.8) is 0 Å². The Labute approximate surface area is 117 Å². The van der Waals surface area contributed by atoms with E-state index in [0.29, 0.717) is 5.41 Å². The zero-order valence-electron chi connectivity index (χ0n) is 13.2. The molecule has 0 aliphatic heterocycles. The third kappa shape index (κ3) is 5.45. The van der Waals surface area contributed by atoms with Crippen LogP contribution in [0.1, 0.15) is 51.9 Å². The van der Waals surface area contributed by atoms with Crippen molar-refractivity contribution in [1.29, 1.82) is 0 Å². The average molecular weight is 264 g/mol. The van der Waals surface area contributed by atoms with Gasteiger partial charge in [0.25, 0.3) is 0 Å². The highest BCUT2D eigenvalue weighted by atomic mass is 15.1. The fourth-order valence-electron chi connectivity index (χ4n) is 1.77. The molecule has 0 radical (unpaired) electrons. The van der Waals surface area contributed by atoms with Crippen molar-refractivity contribution in [3.8, 4) is 0 Å². The Morgan fingerprint density at radius 3 is 1.95 bits per heavy atom. The first kappa shape index (κ1) is 15.7. The van der Waals surface area contributed by atoms with E-state index in [9.17, 15) is 0 Å². The number of hydrogen-bond donors (Lipinski definition) is 2. The summed E-state index contributed by atoms with van der Waals surface area (Å²) in [6.45, 7) is 14.8. The molecule has 0 fully saturated rings. The standard InChI is InChI=1S/C15H28N4/c1-7-9-16-13-11(2)14(19-12(3)18-13)17-10-8-15(4,5)6/h7-10H2,1-6H3,(H2,16,17,18,19). The Bertz CT molecular complexity index is 407. The molecule has 0 bridgehead atoms. The van der Waals surface area contributed by atoms with Crippen LogP contribution in [0.4, 0.5) is 11.6 Å². The van der Waals surface area contributed by atoms with Crippen LogP contribution in [0.2, 0.25) is 0 Å². The van der Waals surface area contributed by atoms with Crippen LogP contribution in [-0.4, -0.2) is 23.1 Å². The summed E-state index contributed by atoms with van der Waals surface area (Å²) in [6.07, 6.45) is 2.21. The Morgan fingerprint density at radius 1 is 0.947 bits per heavy atom. The lowest BCUT2D eigenvalue weighted by Gasteiger charge is -2.19. The highest BCUT2D eigenvalue weighted by Gasteiger charge is 2.12.